The minimum Gasteiger partial charge on any atom is -0.301 e. The average molecular weight is 306 g/mol. The Morgan fingerprint density at radius 1 is 1.45 bits per heavy atom. The summed E-state index contributed by atoms with van der Waals surface area (Å²) < 4.78 is 2.00. The Bertz CT molecular complexity index is 673. The van der Waals surface area contributed by atoms with Crippen molar-refractivity contribution in [2.75, 3.05) is 12.3 Å². The molecule has 2 aromatic rings. The van der Waals surface area contributed by atoms with Crippen LogP contribution in [0.1, 0.15) is 21.7 Å². The Hall–Kier alpha value is -1.60. The van der Waals surface area contributed by atoms with E-state index in [0.717, 1.165) is 28.8 Å². The lowest BCUT2D eigenvalue weighted by atomic mass is 10.2. The van der Waals surface area contributed by atoms with Crippen LogP contribution in [0.4, 0.5) is 0 Å². The van der Waals surface area contributed by atoms with Crippen LogP contribution in [0.3, 0.4) is 0 Å². The van der Waals surface area contributed by atoms with Crippen molar-refractivity contribution in [3.05, 3.63) is 34.6 Å². The van der Waals surface area contributed by atoms with E-state index in [9.17, 15) is 4.79 Å². The van der Waals surface area contributed by atoms with Gasteiger partial charge < -0.3 is 5.32 Å². The van der Waals surface area contributed by atoms with Gasteiger partial charge >= 0.3 is 0 Å². The second kappa shape index (κ2) is 5.41. The number of aryl methyl sites for hydroxylation is 1. The predicted octanol–water partition coefficient (Wildman–Crippen LogP) is 2.38. The number of carbonyl (C=O) groups excluding carboxylic acids is 1. The van der Waals surface area contributed by atoms with Crippen molar-refractivity contribution in [1.29, 1.82) is 0 Å². The van der Waals surface area contributed by atoms with Crippen LogP contribution in [0.5, 0.6) is 0 Å². The highest BCUT2D eigenvalue weighted by Crippen LogP contribution is 2.22. The van der Waals surface area contributed by atoms with Gasteiger partial charge in [-0.3, -0.25) is 14.4 Å². The molecule has 5 nitrogen and oxygen atoms in total. The molecule has 0 unspecified atom stereocenters. The van der Waals surface area contributed by atoms with Gasteiger partial charge in [0.05, 0.1) is 12.1 Å². The van der Waals surface area contributed by atoms with Crippen molar-refractivity contribution < 1.29 is 4.79 Å². The summed E-state index contributed by atoms with van der Waals surface area (Å²) in [6, 6.07) is 1.90. The molecule has 0 spiro atoms. The number of aliphatic imine (C=N–C) groups is 1. The highest BCUT2D eigenvalue weighted by molar-refractivity contribution is 8.14. The Kier molecular flexibility index (Phi) is 3.62. The van der Waals surface area contributed by atoms with Crippen LogP contribution in [0.25, 0.3) is 5.13 Å². The molecule has 0 radical (unpaired) electrons. The number of hydrogen-bond acceptors (Lipinski definition) is 5. The van der Waals surface area contributed by atoms with E-state index in [0.29, 0.717) is 10.7 Å². The molecule has 3 rings (SSSR count). The molecular formula is C13H14N4OS2. The first kappa shape index (κ1) is 13.4. The highest BCUT2D eigenvalue weighted by Gasteiger charge is 2.19. The molecule has 0 saturated heterocycles. The Morgan fingerprint density at radius 3 is 2.95 bits per heavy atom. The summed E-state index contributed by atoms with van der Waals surface area (Å²) in [6.07, 6.45) is 1.77. The maximum Gasteiger partial charge on any atom is 0.259 e. The van der Waals surface area contributed by atoms with Gasteiger partial charge in [-0.05, 0) is 19.9 Å². The fraction of sp³-hybridized carbons (Fsp3) is 0.308. The number of aromatic nitrogens is 2. The molecule has 7 heteroatoms. The third-order valence-electron chi connectivity index (χ3n) is 3.09. The molecule has 0 fully saturated rings. The quantitative estimate of drug-likeness (QED) is 0.926. The van der Waals surface area contributed by atoms with Gasteiger partial charge in [-0.1, -0.05) is 11.8 Å². The fourth-order valence-electron chi connectivity index (χ4n) is 2.19. The van der Waals surface area contributed by atoms with Crippen LogP contribution in [-0.2, 0) is 0 Å². The summed E-state index contributed by atoms with van der Waals surface area (Å²) in [5.41, 5.74) is 2.58. The van der Waals surface area contributed by atoms with Gasteiger partial charge in [0, 0.05) is 28.7 Å². The summed E-state index contributed by atoms with van der Waals surface area (Å²) in [6.45, 7) is 4.69. The molecule has 0 aliphatic carbocycles. The van der Waals surface area contributed by atoms with Gasteiger partial charge in [0.2, 0.25) is 0 Å². The zero-order valence-corrected chi connectivity index (χ0v) is 12.8. The molecule has 3 heterocycles. The topological polar surface area (TPSA) is 59.3 Å². The van der Waals surface area contributed by atoms with E-state index in [-0.39, 0.29) is 5.91 Å². The van der Waals surface area contributed by atoms with E-state index in [2.05, 4.69) is 15.3 Å². The van der Waals surface area contributed by atoms with E-state index in [1.54, 1.807) is 29.3 Å². The first-order chi connectivity index (χ1) is 9.66. The molecule has 20 heavy (non-hydrogen) atoms. The highest BCUT2D eigenvalue weighted by atomic mass is 32.2. The lowest BCUT2D eigenvalue weighted by Crippen LogP contribution is -2.27. The number of thiazole rings is 1. The van der Waals surface area contributed by atoms with Gasteiger partial charge in [-0.15, -0.1) is 11.3 Å². The Balaban J connectivity index is 1.91. The molecule has 1 aliphatic rings. The summed E-state index contributed by atoms with van der Waals surface area (Å²) >= 11 is 3.14. The van der Waals surface area contributed by atoms with Gasteiger partial charge in [0.15, 0.2) is 10.3 Å². The maximum absolute atomic E-state index is 12.3. The molecule has 0 bridgehead atoms. The summed E-state index contributed by atoms with van der Waals surface area (Å²) in [5.74, 6) is 0.836. The smallest absolute Gasteiger partial charge is 0.259 e. The van der Waals surface area contributed by atoms with Crippen LogP contribution in [0, 0.1) is 13.8 Å². The monoisotopic (exact) mass is 306 g/mol. The molecule has 1 amide bonds. The maximum atomic E-state index is 12.3. The van der Waals surface area contributed by atoms with Crippen molar-refractivity contribution in [2.24, 2.45) is 4.99 Å². The molecule has 1 N–H and O–H groups in total. The number of hydrogen-bond donors (Lipinski definition) is 1. The van der Waals surface area contributed by atoms with Crippen molar-refractivity contribution in [3.63, 3.8) is 0 Å². The van der Waals surface area contributed by atoms with Crippen LogP contribution in [-0.4, -0.2) is 32.9 Å². The third kappa shape index (κ3) is 2.38. The number of rotatable bonds is 2. The van der Waals surface area contributed by atoms with Gasteiger partial charge in [-0.25, -0.2) is 4.98 Å². The number of amidine groups is 1. The number of thioether (sulfide) groups is 1. The van der Waals surface area contributed by atoms with E-state index in [4.69, 9.17) is 0 Å². The second-order valence-corrected chi connectivity index (χ2v) is 6.38. The summed E-state index contributed by atoms with van der Waals surface area (Å²) in [4.78, 5) is 20.9. The standard InChI is InChI=1S/C13H14N4OS2/c1-8-7-10(11(18)16-12-14-3-5-19-12)9(2)17(8)13-15-4-6-20-13/h4,6-7H,3,5H2,1-2H3,(H,14,16,18). The van der Waals surface area contributed by atoms with Gasteiger partial charge in [0.1, 0.15) is 0 Å². The lowest BCUT2D eigenvalue weighted by molar-refractivity contribution is 0.0977. The lowest BCUT2D eigenvalue weighted by Gasteiger charge is -2.06. The molecule has 0 atom stereocenters. The zero-order chi connectivity index (χ0) is 14.1. The van der Waals surface area contributed by atoms with Crippen molar-refractivity contribution in [3.8, 4) is 5.13 Å². The van der Waals surface area contributed by atoms with Crippen molar-refractivity contribution >= 4 is 34.2 Å². The number of nitrogens with one attached hydrogen (secondary N) is 1. The molecule has 1 aliphatic heterocycles. The minimum atomic E-state index is -0.103. The minimum absolute atomic E-state index is 0.103. The Labute approximate surface area is 125 Å². The predicted molar refractivity (Wildman–Crippen MR) is 83.1 cm³/mol. The van der Waals surface area contributed by atoms with Gasteiger partial charge in [0.25, 0.3) is 5.91 Å². The average Bonchev–Trinajstić information content (AvgIpc) is 3.11. The van der Waals surface area contributed by atoms with Gasteiger partial charge in [-0.2, -0.15) is 0 Å². The normalized spacial score (nSPS) is 14.4. The zero-order valence-electron chi connectivity index (χ0n) is 11.2. The van der Waals surface area contributed by atoms with Crippen LogP contribution >= 0.6 is 23.1 Å². The van der Waals surface area contributed by atoms with Crippen molar-refractivity contribution in [2.45, 2.75) is 13.8 Å². The molecule has 2 aromatic heterocycles. The Morgan fingerprint density at radius 2 is 2.30 bits per heavy atom. The van der Waals surface area contributed by atoms with Crippen LogP contribution in [0.15, 0.2) is 22.6 Å². The molecular weight excluding hydrogens is 292 g/mol. The van der Waals surface area contributed by atoms with E-state index >= 15 is 0 Å². The number of nitrogens with zero attached hydrogens (tertiary/aromatic N) is 3. The largest absolute Gasteiger partial charge is 0.301 e. The van der Waals surface area contributed by atoms with Crippen molar-refractivity contribution in [1.82, 2.24) is 14.9 Å². The summed E-state index contributed by atoms with van der Waals surface area (Å²) in [5, 5.41) is 6.39. The number of carbonyl (C=O) groups is 1. The van der Waals surface area contributed by atoms with E-state index < -0.39 is 0 Å². The van der Waals surface area contributed by atoms with E-state index in [1.807, 2.05) is 29.9 Å². The number of amides is 1. The molecule has 104 valence electrons. The van der Waals surface area contributed by atoms with E-state index in [1.165, 1.54) is 0 Å². The second-order valence-electron chi connectivity index (χ2n) is 4.42. The first-order valence-corrected chi connectivity index (χ1v) is 8.11. The van der Waals surface area contributed by atoms with Crippen LogP contribution < -0.4 is 5.32 Å². The first-order valence-electron chi connectivity index (χ1n) is 6.24. The van der Waals surface area contributed by atoms with Crippen LogP contribution in [0.2, 0.25) is 0 Å². The molecule has 0 saturated carbocycles. The molecule has 0 aromatic carbocycles. The third-order valence-corrected chi connectivity index (χ3v) is 4.74. The fourth-order valence-corrected chi connectivity index (χ4v) is 3.66. The SMILES string of the molecule is Cc1cc(C(=O)NC2=NCCS2)c(C)n1-c1nccs1. The summed E-state index contributed by atoms with van der Waals surface area (Å²) in [7, 11) is 0.